The van der Waals surface area contributed by atoms with Gasteiger partial charge in [-0.2, -0.15) is 0 Å². The fourth-order valence-electron chi connectivity index (χ4n) is 2.57. The normalized spacial score (nSPS) is 16.8. The molecule has 0 aromatic heterocycles. The first-order valence-corrected chi connectivity index (χ1v) is 7.54. The van der Waals surface area contributed by atoms with Crippen molar-refractivity contribution in [3.63, 3.8) is 0 Å². The highest BCUT2D eigenvalue weighted by molar-refractivity contribution is 4.78. The van der Waals surface area contributed by atoms with Gasteiger partial charge in [-0.05, 0) is 32.2 Å². The predicted octanol–water partition coefficient (Wildman–Crippen LogP) is 4.00. The lowest BCUT2D eigenvalue weighted by atomic mass is 9.92. The van der Waals surface area contributed by atoms with Crippen molar-refractivity contribution < 1.29 is 4.74 Å². The monoisotopic (exact) mass is 243 g/mol. The zero-order valence-corrected chi connectivity index (χ0v) is 12.6. The van der Waals surface area contributed by atoms with Gasteiger partial charge < -0.3 is 10.1 Å². The van der Waals surface area contributed by atoms with Crippen LogP contribution in [-0.2, 0) is 4.74 Å². The first kappa shape index (κ1) is 16.9. The van der Waals surface area contributed by atoms with Crippen molar-refractivity contribution in [1.82, 2.24) is 5.32 Å². The van der Waals surface area contributed by atoms with Crippen LogP contribution in [0.1, 0.15) is 66.7 Å². The summed E-state index contributed by atoms with van der Waals surface area (Å²) in [6.45, 7) is 13.0. The van der Waals surface area contributed by atoms with Crippen LogP contribution in [0.15, 0.2) is 0 Å². The van der Waals surface area contributed by atoms with Gasteiger partial charge in [-0.25, -0.2) is 0 Å². The molecule has 0 aromatic rings. The van der Waals surface area contributed by atoms with Gasteiger partial charge >= 0.3 is 0 Å². The standard InChI is InChI=1S/C15H33NO/c1-6-10-13(5)12-14(16-8-3)15(11-7-2)17-9-4/h13-16H,6-12H2,1-5H3. The number of ether oxygens (including phenoxy) is 1. The van der Waals surface area contributed by atoms with E-state index in [1.165, 1.54) is 32.1 Å². The molecule has 0 fully saturated rings. The summed E-state index contributed by atoms with van der Waals surface area (Å²) in [6.07, 6.45) is 6.62. The van der Waals surface area contributed by atoms with Crippen molar-refractivity contribution in [2.75, 3.05) is 13.2 Å². The molecule has 0 aliphatic rings. The second-order valence-electron chi connectivity index (χ2n) is 5.08. The fourth-order valence-corrected chi connectivity index (χ4v) is 2.57. The van der Waals surface area contributed by atoms with Crippen molar-refractivity contribution >= 4 is 0 Å². The van der Waals surface area contributed by atoms with E-state index in [1.807, 2.05) is 0 Å². The molecule has 17 heavy (non-hydrogen) atoms. The summed E-state index contributed by atoms with van der Waals surface area (Å²) in [5.74, 6) is 0.795. The van der Waals surface area contributed by atoms with E-state index in [0.717, 1.165) is 19.1 Å². The highest BCUT2D eigenvalue weighted by Crippen LogP contribution is 2.18. The van der Waals surface area contributed by atoms with Crippen LogP contribution >= 0.6 is 0 Å². The third-order valence-corrected chi connectivity index (χ3v) is 3.31. The Morgan fingerprint density at radius 3 is 2.12 bits per heavy atom. The summed E-state index contributed by atoms with van der Waals surface area (Å²) in [6, 6.07) is 0.529. The van der Waals surface area contributed by atoms with Crippen molar-refractivity contribution in [3.05, 3.63) is 0 Å². The highest BCUT2D eigenvalue weighted by Gasteiger charge is 2.22. The number of hydrogen-bond acceptors (Lipinski definition) is 2. The van der Waals surface area contributed by atoms with E-state index in [1.54, 1.807) is 0 Å². The number of rotatable bonds is 11. The van der Waals surface area contributed by atoms with Crippen molar-refractivity contribution in [1.29, 1.82) is 0 Å². The van der Waals surface area contributed by atoms with Crippen LogP contribution in [0, 0.1) is 5.92 Å². The number of nitrogens with one attached hydrogen (secondary N) is 1. The van der Waals surface area contributed by atoms with Crippen LogP contribution in [0.2, 0.25) is 0 Å². The molecule has 0 aliphatic carbocycles. The summed E-state index contributed by atoms with van der Waals surface area (Å²) < 4.78 is 5.91. The largest absolute Gasteiger partial charge is 0.377 e. The van der Waals surface area contributed by atoms with Gasteiger partial charge in [0.25, 0.3) is 0 Å². The van der Waals surface area contributed by atoms with Crippen molar-refractivity contribution in [3.8, 4) is 0 Å². The van der Waals surface area contributed by atoms with Gasteiger partial charge in [-0.15, -0.1) is 0 Å². The van der Waals surface area contributed by atoms with E-state index in [-0.39, 0.29) is 0 Å². The summed E-state index contributed by atoms with van der Waals surface area (Å²) >= 11 is 0. The van der Waals surface area contributed by atoms with Gasteiger partial charge in [0.05, 0.1) is 6.10 Å². The molecule has 1 N–H and O–H groups in total. The van der Waals surface area contributed by atoms with Gasteiger partial charge in [-0.3, -0.25) is 0 Å². The molecular weight excluding hydrogens is 210 g/mol. The molecule has 104 valence electrons. The van der Waals surface area contributed by atoms with Gasteiger partial charge in [0.2, 0.25) is 0 Å². The Morgan fingerprint density at radius 1 is 1.00 bits per heavy atom. The molecule has 3 atom stereocenters. The molecule has 0 amide bonds. The maximum atomic E-state index is 5.91. The molecular formula is C15H33NO. The molecule has 0 aliphatic heterocycles. The first-order valence-electron chi connectivity index (χ1n) is 7.54. The SMILES string of the molecule is CCCC(C)CC(NCC)C(CCC)OCC. The molecule has 0 heterocycles. The minimum absolute atomic E-state index is 0.393. The Hall–Kier alpha value is -0.0800. The number of likely N-dealkylation sites (N-methyl/N-ethyl adjacent to an activating group) is 1. The molecule has 0 rings (SSSR count). The lowest BCUT2D eigenvalue weighted by molar-refractivity contribution is 0.0223. The summed E-state index contributed by atoms with van der Waals surface area (Å²) in [4.78, 5) is 0. The second-order valence-corrected chi connectivity index (χ2v) is 5.08. The predicted molar refractivity (Wildman–Crippen MR) is 76.5 cm³/mol. The van der Waals surface area contributed by atoms with Crippen molar-refractivity contribution in [2.45, 2.75) is 78.9 Å². The van der Waals surface area contributed by atoms with Crippen molar-refractivity contribution in [2.24, 2.45) is 5.92 Å². The Bertz CT molecular complexity index is 155. The van der Waals surface area contributed by atoms with Crippen LogP contribution in [0.5, 0.6) is 0 Å². The van der Waals surface area contributed by atoms with Crippen LogP contribution in [0.25, 0.3) is 0 Å². The van der Waals surface area contributed by atoms with Gasteiger partial charge in [-0.1, -0.05) is 47.0 Å². The maximum Gasteiger partial charge on any atom is 0.0727 e. The maximum absolute atomic E-state index is 5.91. The molecule has 0 saturated heterocycles. The molecule has 0 spiro atoms. The zero-order valence-electron chi connectivity index (χ0n) is 12.6. The fraction of sp³-hybridized carbons (Fsp3) is 1.00. The minimum atomic E-state index is 0.393. The summed E-state index contributed by atoms with van der Waals surface area (Å²) in [5.41, 5.74) is 0. The van der Waals surface area contributed by atoms with E-state index in [2.05, 4.69) is 39.9 Å². The van der Waals surface area contributed by atoms with E-state index in [4.69, 9.17) is 4.74 Å². The zero-order chi connectivity index (χ0) is 13.1. The summed E-state index contributed by atoms with van der Waals surface area (Å²) in [5, 5.41) is 3.62. The average Bonchev–Trinajstić information content (AvgIpc) is 2.28. The van der Waals surface area contributed by atoms with Crippen LogP contribution < -0.4 is 5.32 Å². The molecule has 3 unspecified atom stereocenters. The molecule has 0 aromatic carbocycles. The molecule has 2 heteroatoms. The molecule has 2 nitrogen and oxygen atoms in total. The Morgan fingerprint density at radius 2 is 1.65 bits per heavy atom. The average molecular weight is 243 g/mol. The Labute approximate surface area is 109 Å². The lowest BCUT2D eigenvalue weighted by Gasteiger charge is -2.29. The quantitative estimate of drug-likeness (QED) is 0.592. The third kappa shape index (κ3) is 7.77. The Kier molecular flexibility index (Phi) is 11.0. The first-order chi connectivity index (χ1) is 8.19. The lowest BCUT2D eigenvalue weighted by Crippen LogP contribution is -2.42. The van der Waals surface area contributed by atoms with Crippen LogP contribution in [0.4, 0.5) is 0 Å². The third-order valence-electron chi connectivity index (χ3n) is 3.31. The van der Waals surface area contributed by atoms with E-state index >= 15 is 0 Å². The number of hydrogen-bond donors (Lipinski definition) is 1. The van der Waals surface area contributed by atoms with Gasteiger partial charge in [0.15, 0.2) is 0 Å². The van der Waals surface area contributed by atoms with E-state index in [9.17, 15) is 0 Å². The van der Waals surface area contributed by atoms with Crippen LogP contribution in [0.3, 0.4) is 0 Å². The van der Waals surface area contributed by atoms with E-state index < -0.39 is 0 Å². The topological polar surface area (TPSA) is 21.3 Å². The minimum Gasteiger partial charge on any atom is -0.377 e. The Balaban J connectivity index is 4.31. The van der Waals surface area contributed by atoms with Crippen LogP contribution in [-0.4, -0.2) is 25.3 Å². The highest BCUT2D eigenvalue weighted by atomic mass is 16.5. The summed E-state index contributed by atoms with van der Waals surface area (Å²) in [7, 11) is 0. The molecule has 0 saturated carbocycles. The van der Waals surface area contributed by atoms with Gasteiger partial charge in [0.1, 0.15) is 0 Å². The second kappa shape index (κ2) is 11.0. The molecule has 0 bridgehead atoms. The smallest absolute Gasteiger partial charge is 0.0727 e. The van der Waals surface area contributed by atoms with Gasteiger partial charge in [0, 0.05) is 12.6 Å². The van der Waals surface area contributed by atoms with E-state index in [0.29, 0.717) is 12.1 Å². The molecule has 0 radical (unpaired) electrons.